The van der Waals surface area contributed by atoms with Gasteiger partial charge in [-0.3, -0.25) is 14.5 Å². The van der Waals surface area contributed by atoms with Crippen LogP contribution in [0.4, 0.5) is 0 Å². The van der Waals surface area contributed by atoms with Crippen molar-refractivity contribution in [2.24, 2.45) is 0 Å². The van der Waals surface area contributed by atoms with E-state index in [1.165, 1.54) is 25.3 Å². The van der Waals surface area contributed by atoms with Crippen LogP contribution >= 0.6 is 11.6 Å². The van der Waals surface area contributed by atoms with Crippen molar-refractivity contribution in [3.63, 3.8) is 0 Å². The van der Waals surface area contributed by atoms with Crippen LogP contribution in [0.15, 0.2) is 54.6 Å². The zero-order valence-electron chi connectivity index (χ0n) is 16.7. The molecule has 2 N–H and O–H groups in total. The van der Waals surface area contributed by atoms with Gasteiger partial charge in [-0.05, 0) is 49.2 Å². The molecule has 0 bridgehead atoms. The van der Waals surface area contributed by atoms with E-state index in [9.17, 15) is 9.59 Å². The Morgan fingerprint density at radius 2 is 1.66 bits per heavy atom. The molecule has 2 atom stereocenters. The molecule has 1 aliphatic rings. The summed E-state index contributed by atoms with van der Waals surface area (Å²) >= 11 is 5.96. The second-order valence-corrected chi connectivity index (χ2v) is 7.92. The van der Waals surface area contributed by atoms with E-state index in [0.717, 1.165) is 18.7 Å². The second kappa shape index (κ2) is 10.4. The molecule has 0 saturated carbocycles. The number of carbonyl (C=O) groups is 2. The first-order valence-electron chi connectivity index (χ1n) is 10.1. The molecule has 154 valence electrons. The molecule has 0 spiro atoms. The number of nitrogens with one attached hydrogen (secondary N) is 2. The van der Waals surface area contributed by atoms with Crippen molar-refractivity contribution in [1.29, 1.82) is 0 Å². The van der Waals surface area contributed by atoms with Gasteiger partial charge >= 0.3 is 0 Å². The molecule has 5 nitrogen and oxygen atoms in total. The number of amides is 2. The number of hydrogen-bond donors (Lipinski definition) is 2. The fourth-order valence-corrected chi connectivity index (χ4v) is 3.97. The summed E-state index contributed by atoms with van der Waals surface area (Å²) in [6.45, 7) is 4.11. The van der Waals surface area contributed by atoms with E-state index in [0.29, 0.717) is 11.6 Å². The summed E-state index contributed by atoms with van der Waals surface area (Å²) in [5.74, 6) is -0.254. The van der Waals surface area contributed by atoms with Crippen LogP contribution in [0.3, 0.4) is 0 Å². The smallest absolute Gasteiger partial charge is 0.222 e. The van der Waals surface area contributed by atoms with Crippen LogP contribution in [0, 0.1) is 0 Å². The molecule has 0 unspecified atom stereocenters. The van der Waals surface area contributed by atoms with E-state index in [1.54, 1.807) is 12.1 Å². The lowest BCUT2D eigenvalue weighted by Crippen LogP contribution is -2.38. The van der Waals surface area contributed by atoms with Gasteiger partial charge in [-0.25, -0.2) is 0 Å². The van der Waals surface area contributed by atoms with Gasteiger partial charge in [0.1, 0.15) is 0 Å². The number of likely N-dealkylation sites (tertiary alicyclic amines) is 1. The summed E-state index contributed by atoms with van der Waals surface area (Å²) in [7, 11) is 0. The normalized spacial score (nSPS) is 16.2. The summed E-state index contributed by atoms with van der Waals surface area (Å²) in [5.41, 5.74) is 2.07. The zero-order valence-corrected chi connectivity index (χ0v) is 17.5. The highest BCUT2D eigenvalue weighted by Gasteiger charge is 2.24. The third kappa shape index (κ3) is 6.31. The third-order valence-electron chi connectivity index (χ3n) is 5.30. The standard InChI is InChI=1S/C23H28ClN3O2/c1-17(28)26-21(18-9-11-20(24)12-10-18)15-23(29)25-16-22(27-13-5-6-14-27)19-7-3-2-4-8-19/h2-4,7-12,21-22H,5-6,13-16H2,1H3,(H,25,29)(H,26,28)/t21-,22+/m0/s1. The lowest BCUT2D eigenvalue weighted by molar-refractivity contribution is -0.123. The first-order valence-corrected chi connectivity index (χ1v) is 10.5. The minimum atomic E-state index is -0.383. The molecule has 6 heteroatoms. The largest absolute Gasteiger partial charge is 0.354 e. The number of benzene rings is 2. The average Bonchev–Trinajstić information content (AvgIpc) is 3.23. The molecule has 0 aromatic heterocycles. The van der Waals surface area contributed by atoms with Crippen molar-refractivity contribution in [2.75, 3.05) is 19.6 Å². The van der Waals surface area contributed by atoms with Gasteiger partial charge in [0.25, 0.3) is 0 Å². The summed E-state index contributed by atoms with van der Waals surface area (Å²) in [5, 5.41) is 6.57. The van der Waals surface area contributed by atoms with Crippen LogP contribution in [0.1, 0.15) is 49.4 Å². The summed E-state index contributed by atoms with van der Waals surface area (Å²) in [6.07, 6.45) is 2.57. The van der Waals surface area contributed by atoms with E-state index in [1.807, 2.05) is 30.3 Å². The van der Waals surface area contributed by atoms with Gasteiger partial charge in [-0.2, -0.15) is 0 Å². The molecule has 1 heterocycles. The molecular weight excluding hydrogens is 386 g/mol. The highest BCUT2D eigenvalue weighted by Crippen LogP contribution is 2.25. The topological polar surface area (TPSA) is 61.4 Å². The summed E-state index contributed by atoms with van der Waals surface area (Å²) < 4.78 is 0. The Labute approximate surface area is 177 Å². The van der Waals surface area contributed by atoms with Gasteiger partial charge in [0.05, 0.1) is 18.5 Å². The maximum atomic E-state index is 12.7. The number of nitrogens with zero attached hydrogens (tertiary/aromatic N) is 1. The minimum Gasteiger partial charge on any atom is -0.354 e. The summed E-state index contributed by atoms with van der Waals surface area (Å²) in [4.78, 5) is 26.8. The van der Waals surface area contributed by atoms with Crippen LogP contribution in [0.2, 0.25) is 5.02 Å². The van der Waals surface area contributed by atoms with Crippen molar-refractivity contribution in [1.82, 2.24) is 15.5 Å². The number of halogens is 1. The maximum absolute atomic E-state index is 12.7. The second-order valence-electron chi connectivity index (χ2n) is 7.48. The van der Waals surface area contributed by atoms with Gasteiger partial charge in [-0.15, -0.1) is 0 Å². The molecule has 3 rings (SSSR count). The van der Waals surface area contributed by atoms with Crippen molar-refractivity contribution in [2.45, 2.75) is 38.3 Å². The number of hydrogen-bond acceptors (Lipinski definition) is 3. The van der Waals surface area contributed by atoms with Gasteiger partial charge in [0, 0.05) is 18.5 Å². The first kappa shape index (κ1) is 21.3. The Morgan fingerprint density at radius 1 is 1.00 bits per heavy atom. The van der Waals surface area contributed by atoms with Gasteiger partial charge < -0.3 is 10.6 Å². The monoisotopic (exact) mass is 413 g/mol. The van der Waals surface area contributed by atoms with Crippen LogP contribution < -0.4 is 10.6 Å². The molecule has 0 aliphatic carbocycles. The molecule has 1 fully saturated rings. The Bertz CT molecular complexity index is 805. The first-order chi connectivity index (χ1) is 14.0. The molecule has 2 aromatic carbocycles. The highest BCUT2D eigenvalue weighted by atomic mass is 35.5. The molecular formula is C23H28ClN3O2. The van der Waals surface area contributed by atoms with E-state index < -0.39 is 0 Å². The Kier molecular flexibility index (Phi) is 7.67. The molecule has 2 amide bonds. The molecule has 0 radical (unpaired) electrons. The Morgan fingerprint density at radius 3 is 2.28 bits per heavy atom. The van der Waals surface area contributed by atoms with E-state index >= 15 is 0 Å². The quantitative estimate of drug-likeness (QED) is 0.690. The van der Waals surface area contributed by atoms with Crippen LogP contribution in [0.25, 0.3) is 0 Å². The van der Waals surface area contributed by atoms with Crippen LogP contribution in [-0.2, 0) is 9.59 Å². The van der Waals surface area contributed by atoms with Crippen molar-refractivity contribution < 1.29 is 9.59 Å². The lowest BCUT2D eigenvalue weighted by Gasteiger charge is -2.28. The Balaban J connectivity index is 1.65. The van der Waals surface area contributed by atoms with E-state index in [2.05, 4.69) is 27.7 Å². The van der Waals surface area contributed by atoms with E-state index in [-0.39, 0.29) is 30.3 Å². The highest BCUT2D eigenvalue weighted by molar-refractivity contribution is 6.30. The summed E-state index contributed by atoms with van der Waals surface area (Å²) in [6, 6.07) is 17.3. The van der Waals surface area contributed by atoms with E-state index in [4.69, 9.17) is 11.6 Å². The number of rotatable bonds is 8. The van der Waals surface area contributed by atoms with Gasteiger partial charge in [0.15, 0.2) is 0 Å². The van der Waals surface area contributed by atoms with Crippen molar-refractivity contribution >= 4 is 23.4 Å². The molecule has 1 aliphatic heterocycles. The zero-order chi connectivity index (χ0) is 20.6. The van der Waals surface area contributed by atoms with Crippen LogP contribution in [-0.4, -0.2) is 36.3 Å². The predicted octanol–water partition coefficient (Wildman–Crippen LogP) is 3.86. The average molecular weight is 414 g/mol. The maximum Gasteiger partial charge on any atom is 0.222 e. The fraction of sp³-hybridized carbons (Fsp3) is 0.391. The van der Waals surface area contributed by atoms with Crippen LogP contribution in [0.5, 0.6) is 0 Å². The molecule has 2 aromatic rings. The minimum absolute atomic E-state index is 0.0844. The van der Waals surface area contributed by atoms with Gasteiger partial charge in [0.2, 0.25) is 11.8 Å². The van der Waals surface area contributed by atoms with Crippen molar-refractivity contribution in [3.05, 3.63) is 70.7 Å². The predicted molar refractivity (Wildman–Crippen MR) is 116 cm³/mol. The SMILES string of the molecule is CC(=O)N[C@@H](CC(=O)NC[C@H](c1ccccc1)N1CCCC1)c1ccc(Cl)cc1. The Hall–Kier alpha value is -2.37. The van der Waals surface area contributed by atoms with Gasteiger partial charge in [-0.1, -0.05) is 54.1 Å². The lowest BCUT2D eigenvalue weighted by atomic mass is 10.0. The fourth-order valence-electron chi connectivity index (χ4n) is 3.85. The number of carbonyl (C=O) groups excluding carboxylic acids is 2. The molecule has 29 heavy (non-hydrogen) atoms. The third-order valence-corrected chi connectivity index (χ3v) is 5.55. The van der Waals surface area contributed by atoms with Crippen molar-refractivity contribution in [3.8, 4) is 0 Å². The molecule has 1 saturated heterocycles.